The maximum Gasteiger partial charge on any atom is 0.407 e. The van der Waals surface area contributed by atoms with Crippen LogP contribution in [0.1, 0.15) is 36.1 Å². The van der Waals surface area contributed by atoms with Gasteiger partial charge in [-0.3, -0.25) is 9.59 Å². The first-order valence-electron chi connectivity index (χ1n) is 12.7. The van der Waals surface area contributed by atoms with Gasteiger partial charge in [-0.15, -0.1) is 0 Å². The highest BCUT2D eigenvalue weighted by Crippen LogP contribution is 2.31. The van der Waals surface area contributed by atoms with Crippen molar-refractivity contribution in [2.24, 2.45) is 11.7 Å². The molecule has 4 rings (SSSR count). The Kier molecular flexibility index (Phi) is 10.9. The molecule has 2 atom stereocenters. The maximum atomic E-state index is 13.7. The number of halogens is 1. The summed E-state index contributed by atoms with van der Waals surface area (Å²) in [5, 5.41) is 2.64. The number of nitrogens with zero attached hydrogens (tertiary/aromatic N) is 3. The number of hydrogen-bond acceptors (Lipinski definition) is 7. The molecule has 1 aliphatic rings. The fourth-order valence-electron chi connectivity index (χ4n) is 4.18. The Hall–Kier alpha value is -4.39. The summed E-state index contributed by atoms with van der Waals surface area (Å²) in [6.45, 7) is 4.01. The minimum Gasteiger partial charge on any atom is -0.453 e. The first kappa shape index (κ1) is 31.1. The molecule has 4 N–H and O–H groups in total. The summed E-state index contributed by atoms with van der Waals surface area (Å²) < 4.78 is 9.58. The van der Waals surface area contributed by atoms with Gasteiger partial charge in [0.1, 0.15) is 17.9 Å². The van der Waals surface area contributed by atoms with E-state index in [1.807, 2.05) is 44.2 Å². The van der Waals surface area contributed by atoms with Crippen molar-refractivity contribution < 1.29 is 28.7 Å². The number of hydrogen-bond donors (Lipinski definition) is 3. The zero-order valence-corrected chi connectivity index (χ0v) is 24.8. The Balaban J connectivity index is 0.000000850. The number of amides is 4. The number of aromatic nitrogens is 2. The standard InChI is InChI=1S/C26H28BrN5O4.C2H5NO2/c1-16(2)22(30-26(35)36-3)25(34)32-15-31(24(33)18-7-5-4-6-8-18)14-21(32)23-28-13-20(29-23)17-9-11-19(27)12-10-17;1-5-2(3)4/h4-13,16,21-22H,14-15H2,1-3H3,(H,28,29)(H,30,35);1H3,(H2,3,4). The highest BCUT2D eigenvalue weighted by atomic mass is 79.9. The van der Waals surface area contributed by atoms with Crippen LogP contribution in [0.2, 0.25) is 0 Å². The molecule has 0 saturated carbocycles. The number of aromatic amines is 1. The average Bonchev–Trinajstić information content (AvgIpc) is 3.64. The Morgan fingerprint density at radius 1 is 1.05 bits per heavy atom. The number of rotatable bonds is 6. The maximum absolute atomic E-state index is 13.7. The fraction of sp³-hybridized carbons (Fsp3) is 0.321. The fourth-order valence-corrected chi connectivity index (χ4v) is 4.44. The monoisotopic (exact) mass is 628 g/mol. The second-order valence-corrected chi connectivity index (χ2v) is 10.3. The quantitative estimate of drug-likeness (QED) is 0.373. The molecule has 4 amide bonds. The van der Waals surface area contributed by atoms with Crippen LogP contribution in [0, 0.1) is 5.92 Å². The number of H-pyrrole nitrogens is 1. The Bertz CT molecular complexity index is 1350. The number of nitrogens with two attached hydrogens (primary N) is 1. The second-order valence-electron chi connectivity index (χ2n) is 9.43. The first-order valence-corrected chi connectivity index (χ1v) is 13.5. The number of methoxy groups -OCH3 is 2. The summed E-state index contributed by atoms with van der Waals surface area (Å²) in [6.07, 6.45) is 0.283. The van der Waals surface area contributed by atoms with Gasteiger partial charge >= 0.3 is 12.2 Å². The number of carbonyl (C=O) groups excluding carboxylic acids is 4. The van der Waals surface area contributed by atoms with Gasteiger partial charge in [-0.2, -0.15) is 0 Å². The van der Waals surface area contributed by atoms with Gasteiger partial charge in [0.15, 0.2) is 0 Å². The van der Waals surface area contributed by atoms with Gasteiger partial charge < -0.3 is 35.3 Å². The molecular weight excluding hydrogens is 596 g/mol. The van der Waals surface area contributed by atoms with Crippen molar-refractivity contribution in [1.29, 1.82) is 0 Å². The Morgan fingerprint density at radius 2 is 1.68 bits per heavy atom. The van der Waals surface area contributed by atoms with E-state index in [4.69, 9.17) is 4.74 Å². The summed E-state index contributed by atoms with van der Waals surface area (Å²) >= 11 is 3.44. The topological polar surface area (TPSA) is 160 Å². The molecule has 2 heterocycles. The van der Waals surface area contributed by atoms with Crippen LogP contribution in [0.15, 0.2) is 65.3 Å². The molecule has 12 nitrogen and oxygen atoms in total. The van der Waals surface area contributed by atoms with Crippen molar-refractivity contribution >= 4 is 39.9 Å². The lowest BCUT2D eigenvalue weighted by Gasteiger charge is -2.29. The third-order valence-electron chi connectivity index (χ3n) is 6.34. The van der Waals surface area contributed by atoms with E-state index in [9.17, 15) is 19.2 Å². The first-order chi connectivity index (χ1) is 19.5. The molecule has 0 spiro atoms. The molecule has 13 heteroatoms. The molecule has 0 radical (unpaired) electrons. The largest absolute Gasteiger partial charge is 0.453 e. The summed E-state index contributed by atoms with van der Waals surface area (Å²) in [5.41, 5.74) is 6.71. The predicted molar refractivity (Wildman–Crippen MR) is 154 cm³/mol. The molecule has 41 heavy (non-hydrogen) atoms. The highest BCUT2D eigenvalue weighted by Gasteiger charge is 2.42. The van der Waals surface area contributed by atoms with Gasteiger partial charge in [-0.05, 0) is 35.7 Å². The zero-order chi connectivity index (χ0) is 30.1. The molecule has 2 aromatic carbocycles. The lowest BCUT2D eigenvalue weighted by molar-refractivity contribution is -0.135. The number of ether oxygens (including phenoxy) is 2. The molecule has 218 valence electrons. The van der Waals surface area contributed by atoms with Crippen molar-refractivity contribution in [1.82, 2.24) is 25.1 Å². The minimum atomic E-state index is -0.826. The number of imidazole rings is 1. The van der Waals surface area contributed by atoms with Gasteiger partial charge in [0.05, 0.1) is 39.3 Å². The van der Waals surface area contributed by atoms with E-state index in [2.05, 4.69) is 41.7 Å². The van der Waals surface area contributed by atoms with Crippen molar-refractivity contribution in [3.63, 3.8) is 0 Å². The number of benzene rings is 2. The molecule has 2 unspecified atom stereocenters. The van der Waals surface area contributed by atoms with E-state index in [-0.39, 0.29) is 30.9 Å². The van der Waals surface area contributed by atoms with Crippen LogP contribution < -0.4 is 11.1 Å². The summed E-state index contributed by atoms with van der Waals surface area (Å²) in [6, 6.07) is 15.4. The van der Waals surface area contributed by atoms with E-state index in [1.165, 1.54) is 14.2 Å². The highest BCUT2D eigenvalue weighted by molar-refractivity contribution is 9.10. The SMILES string of the molecule is COC(=O)NC(C(=O)N1CN(C(=O)c2ccccc2)CC1c1ncc(-c2ccc(Br)cc2)[nH]1)C(C)C.COC(N)=O. The van der Waals surface area contributed by atoms with Gasteiger partial charge in [-0.1, -0.05) is 60.1 Å². The van der Waals surface area contributed by atoms with E-state index in [0.29, 0.717) is 11.4 Å². The Labute approximate surface area is 246 Å². The lowest BCUT2D eigenvalue weighted by Crippen LogP contribution is -2.51. The average molecular weight is 630 g/mol. The van der Waals surface area contributed by atoms with Gasteiger partial charge in [-0.25, -0.2) is 14.6 Å². The Morgan fingerprint density at radius 3 is 2.24 bits per heavy atom. The normalized spacial score (nSPS) is 15.0. The molecule has 1 fully saturated rings. The molecule has 0 aliphatic carbocycles. The molecular formula is C28H33BrN6O6. The molecule has 0 bridgehead atoms. The number of carbonyl (C=O) groups is 4. The molecule has 1 aromatic heterocycles. The van der Waals surface area contributed by atoms with Crippen molar-refractivity contribution in [2.45, 2.75) is 25.9 Å². The minimum absolute atomic E-state index is 0.0671. The predicted octanol–water partition coefficient (Wildman–Crippen LogP) is 3.91. The van der Waals surface area contributed by atoms with Crippen molar-refractivity contribution in [3.05, 3.63) is 76.7 Å². The van der Waals surface area contributed by atoms with Crippen LogP contribution in [0.5, 0.6) is 0 Å². The number of alkyl carbamates (subject to hydrolysis) is 1. The van der Waals surface area contributed by atoms with Gasteiger partial charge in [0.2, 0.25) is 5.91 Å². The van der Waals surface area contributed by atoms with Crippen LogP contribution in [-0.2, 0) is 14.3 Å². The summed E-state index contributed by atoms with van der Waals surface area (Å²) in [4.78, 5) is 59.4. The third-order valence-corrected chi connectivity index (χ3v) is 6.87. The van der Waals surface area contributed by atoms with Crippen LogP contribution >= 0.6 is 15.9 Å². The van der Waals surface area contributed by atoms with Crippen LogP contribution in [0.4, 0.5) is 9.59 Å². The summed E-state index contributed by atoms with van der Waals surface area (Å²) in [5.74, 6) is -0.140. The lowest BCUT2D eigenvalue weighted by atomic mass is 10.0. The van der Waals surface area contributed by atoms with E-state index < -0.39 is 24.3 Å². The molecule has 3 aromatic rings. The molecule has 1 saturated heterocycles. The summed E-state index contributed by atoms with van der Waals surface area (Å²) in [7, 11) is 2.48. The van der Waals surface area contributed by atoms with Gasteiger partial charge in [0, 0.05) is 10.0 Å². The van der Waals surface area contributed by atoms with Crippen LogP contribution in [0.25, 0.3) is 11.3 Å². The van der Waals surface area contributed by atoms with Crippen LogP contribution in [0.3, 0.4) is 0 Å². The van der Waals surface area contributed by atoms with E-state index in [1.54, 1.807) is 40.3 Å². The van der Waals surface area contributed by atoms with E-state index in [0.717, 1.165) is 15.7 Å². The second kappa shape index (κ2) is 14.3. The number of primary amides is 1. The smallest absolute Gasteiger partial charge is 0.407 e. The van der Waals surface area contributed by atoms with E-state index >= 15 is 0 Å². The third kappa shape index (κ3) is 8.07. The number of nitrogens with one attached hydrogen (secondary N) is 2. The molecule has 1 aliphatic heterocycles. The zero-order valence-electron chi connectivity index (χ0n) is 23.2. The van der Waals surface area contributed by atoms with Crippen molar-refractivity contribution in [3.8, 4) is 11.3 Å². The van der Waals surface area contributed by atoms with Crippen molar-refractivity contribution in [2.75, 3.05) is 27.4 Å². The van der Waals surface area contributed by atoms with Crippen LogP contribution in [-0.4, -0.2) is 77.2 Å². The van der Waals surface area contributed by atoms with Gasteiger partial charge in [0.25, 0.3) is 5.91 Å².